The molecule has 2 aliphatic rings. The molecule has 0 saturated carbocycles. The first kappa shape index (κ1) is 18.1. The van der Waals surface area contributed by atoms with Gasteiger partial charge in [0.1, 0.15) is 5.75 Å². The molecule has 2 aromatic carbocycles. The molecule has 1 unspecified atom stereocenters. The summed E-state index contributed by atoms with van der Waals surface area (Å²) in [6.07, 6.45) is 2.98. The first-order valence-corrected chi connectivity index (χ1v) is 9.98. The molecule has 2 aromatic rings. The molecule has 2 saturated heterocycles. The minimum Gasteiger partial charge on any atom is -0.494 e. The van der Waals surface area contributed by atoms with E-state index in [0.717, 1.165) is 50.2 Å². The van der Waals surface area contributed by atoms with E-state index >= 15 is 0 Å². The number of hydrogen-bond acceptors (Lipinski definition) is 3. The summed E-state index contributed by atoms with van der Waals surface area (Å²) in [5.74, 6) is 1.13. The SMILES string of the molecule is CCOc1ccc(CN2CCC3(CC2)CC(c2ccccc2)C(=O)N3)cc1. The van der Waals surface area contributed by atoms with Gasteiger partial charge < -0.3 is 10.1 Å². The summed E-state index contributed by atoms with van der Waals surface area (Å²) in [5, 5.41) is 3.34. The topological polar surface area (TPSA) is 41.6 Å². The molecule has 1 atom stereocenters. The van der Waals surface area contributed by atoms with E-state index in [1.54, 1.807) is 0 Å². The number of carbonyl (C=O) groups excluding carboxylic acids is 1. The number of likely N-dealkylation sites (tertiary alicyclic amines) is 1. The predicted molar refractivity (Wildman–Crippen MR) is 107 cm³/mol. The van der Waals surface area contributed by atoms with Gasteiger partial charge in [0, 0.05) is 25.2 Å². The zero-order valence-electron chi connectivity index (χ0n) is 16.0. The van der Waals surface area contributed by atoms with E-state index in [1.807, 2.05) is 37.3 Å². The smallest absolute Gasteiger partial charge is 0.228 e. The van der Waals surface area contributed by atoms with E-state index in [1.165, 1.54) is 5.56 Å². The van der Waals surface area contributed by atoms with Gasteiger partial charge in [-0.1, -0.05) is 42.5 Å². The molecule has 0 aliphatic carbocycles. The zero-order chi connectivity index (χ0) is 18.7. The fraction of sp³-hybridized carbons (Fsp3) is 0.435. The lowest BCUT2D eigenvalue weighted by molar-refractivity contribution is -0.121. The Hall–Kier alpha value is -2.33. The van der Waals surface area contributed by atoms with E-state index in [9.17, 15) is 4.79 Å². The third-order valence-corrected chi connectivity index (χ3v) is 5.96. The first-order chi connectivity index (χ1) is 13.2. The highest BCUT2D eigenvalue weighted by Crippen LogP contribution is 2.39. The lowest BCUT2D eigenvalue weighted by atomic mass is 9.82. The number of amides is 1. The molecule has 4 rings (SSSR count). The third-order valence-electron chi connectivity index (χ3n) is 5.96. The molecular weight excluding hydrogens is 336 g/mol. The van der Waals surface area contributed by atoms with Crippen LogP contribution in [0.3, 0.4) is 0 Å². The molecule has 1 amide bonds. The molecule has 0 bridgehead atoms. The van der Waals surface area contributed by atoms with Crippen LogP contribution in [0.25, 0.3) is 0 Å². The van der Waals surface area contributed by atoms with E-state index in [4.69, 9.17) is 4.74 Å². The van der Waals surface area contributed by atoms with E-state index in [0.29, 0.717) is 6.61 Å². The van der Waals surface area contributed by atoms with Gasteiger partial charge in [0.15, 0.2) is 0 Å². The van der Waals surface area contributed by atoms with Gasteiger partial charge in [0.05, 0.1) is 12.5 Å². The van der Waals surface area contributed by atoms with Crippen LogP contribution in [0.2, 0.25) is 0 Å². The molecule has 1 N–H and O–H groups in total. The van der Waals surface area contributed by atoms with Crippen LogP contribution in [-0.4, -0.2) is 36.0 Å². The maximum Gasteiger partial charge on any atom is 0.228 e. The van der Waals surface area contributed by atoms with Gasteiger partial charge >= 0.3 is 0 Å². The zero-order valence-corrected chi connectivity index (χ0v) is 16.0. The van der Waals surface area contributed by atoms with Gasteiger partial charge in [0.25, 0.3) is 0 Å². The predicted octanol–water partition coefficient (Wildman–Crippen LogP) is 3.72. The van der Waals surface area contributed by atoms with E-state index in [2.05, 4.69) is 34.5 Å². The maximum absolute atomic E-state index is 12.6. The molecule has 2 fully saturated rings. The van der Waals surface area contributed by atoms with Crippen molar-refractivity contribution in [2.24, 2.45) is 0 Å². The number of nitrogens with one attached hydrogen (secondary N) is 1. The summed E-state index contributed by atoms with van der Waals surface area (Å²) >= 11 is 0. The summed E-state index contributed by atoms with van der Waals surface area (Å²) in [5.41, 5.74) is 2.43. The molecule has 0 radical (unpaired) electrons. The largest absolute Gasteiger partial charge is 0.494 e. The second-order valence-electron chi connectivity index (χ2n) is 7.79. The average molecular weight is 364 g/mol. The lowest BCUT2D eigenvalue weighted by Crippen LogP contribution is -2.50. The second kappa shape index (κ2) is 7.73. The molecule has 4 heteroatoms. The Kier molecular flexibility index (Phi) is 5.17. The Morgan fingerprint density at radius 2 is 1.78 bits per heavy atom. The first-order valence-electron chi connectivity index (χ1n) is 9.98. The van der Waals surface area contributed by atoms with Gasteiger partial charge in [-0.2, -0.15) is 0 Å². The van der Waals surface area contributed by atoms with Crippen LogP contribution in [-0.2, 0) is 11.3 Å². The van der Waals surface area contributed by atoms with Gasteiger partial charge in [0.2, 0.25) is 5.91 Å². The minimum atomic E-state index is -0.0209. The lowest BCUT2D eigenvalue weighted by Gasteiger charge is -2.39. The number of rotatable bonds is 5. The third kappa shape index (κ3) is 4.01. The van der Waals surface area contributed by atoms with E-state index < -0.39 is 0 Å². The fourth-order valence-electron chi connectivity index (χ4n) is 4.42. The number of benzene rings is 2. The van der Waals surface area contributed by atoms with Crippen molar-refractivity contribution in [2.75, 3.05) is 19.7 Å². The van der Waals surface area contributed by atoms with Crippen molar-refractivity contribution in [1.82, 2.24) is 10.2 Å². The van der Waals surface area contributed by atoms with E-state index in [-0.39, 0.29) is 17.4 Å². The molecule has 2 heterocycles. The number of nitrogens with zero attached hydrogens (tertiary/aromatic N) is 1. The van der Waals surface area contributed by atoms with Crippen molar-refractivity contribution < 1.29 is 9.53 Å². The van der Waals surface area contributed by atoms with Crippen LogP contribution >= 0.6 is 0 Å². The van der Waals surface area contributed by atoms with Crippen molar-refractivity contribution in [3.8, 4) is 5.75 Å². The van der Waals surface area contributed by atoms with Crippen molar-refractivity contribution in [3.05, 3.63) is 65.7 Å². The summed E-state index contributed by atoms with van der Waals surface area (Å²) in [7, 11) is 0. The van der Waals surface area contributed by atoms with Crippen LogP contribution in [0.1, 0.15) is 43.2 Å². The number of hydrogen-bond donors (Lipinski definition) is 1. The Balaban J connectivity index is 1.34. The summed E-state index contributed by atoms with van der Waals surface area (Å²) < 4.78 is 5.52. The van der Waals surface area contributed by atoms with Gasteiger partial charge in [-0.3, -0.25) is 9.69 Å². The summed E-state index contributed by atoms with van der Waals surface area (Å²) in [6.45, 7) is 5.70. The Morgan fingerprint density at radius 3 is 2.44 bits per heavy atom. The van der Waals surface area contributed by atoms with Crippen LogP contribution in [0, 0.1) is 0 Å². The standard InChI is InChI=1S/C23H28N2O2/c1-2-27-20-10-8-18(9-11-20)17-25-14-12-23(13-15-25)16-21(22(26)24-23)19-6-4-3-5-7-19/h3-11,21H,2,12-17H2,1H3,(H,24,26). The normalized spacial score (nSPS) is 22.0. The second-order valence-corrected chi connectivity index (χ2v) is 7.79. The Labute approximate surface area is 161 Å². The molecule has 27 heavy (non-hydrogen) atoms. The average Bonchev–Trinajstić information content (AvgIpc) is 3.02. The number of piperidine rings is 1. The van der Waals surface area contributed by atoms with Gasteiger partial charge in [-0.25, -0.2) is 0 Å². The quantitative estimate of drug-likeness (QED) is 0.879. The molecule has 2 aliphatic heterocycles. The highest BCUT2D eigenvalue weighted by molar-refractivity contribution is 5.87. The molecular formula is C23H28N2O2. The van der Waals surface area contributed by atoms with Crippen LogP contribution in [0.4, 0.5) is 0 Å². The number of carbonyl (C=O) groups is 1. The van der Waals surface area contributed by atoms with Crippen molar-refractivity contribution in [2.45, 2.75) is 44.2 Å². The van der Waals surface area contributed by atoms with Crippen LogP contribution in [0.5, 0.6) is 5.75 Å². The van der Waals surface area contributed by atoms with Crippen molar-refractivity contribution in [3.63, 3.8) is 0 Å². The Morgan fingerprint density at radius 1 is 1.07 bits per heavy atom. The summed E-state index contributed by atoms with van der Waals surface area (Å²) in [4.78, 5) is 15.1. The summed E-state index contributed by atoms with van der Waals surface area (Å²) in [6, 6.07) is 18.6. The molecule has 4 nitrogen and oxygen atoms in total. The Bertz CT molecular complexity index is 765. The highest BCUT2D eigenvalue weighted by atomic mass is 16.5. The van der Waals surface area contributed by atoms with Crippen LogP contribution < -0.4 is 10.1 Å². The minimum absolute atomic E-state index is 0.00357. The molecule has 142 valence electrons. The van der Waals surface area contributed by atoms with Crippen LogP contribution in [0.15, 0.2) is 54.6 Å². The van der Waals surface area contributed by atoms with Crippen molar-refractivity contribution in [1.29, 1.82) is 0 Å². The molecule has 0 aromatic heterocycles. The van der Waals surface area contributed by atoms with Gasteiger partial charge in [-0.05, 0) is 49.4 Å². The maximum atomic E-state index is 12.6. The fourth-order valence-corrected chi connectivity index (χ4v) is 4.42. The number of ether oxygens (including phenoxy) is 1. The van der Waals surface area contributed by atoms with Crippen molar-refractivity contribution >= 4 is 5.91 Å². The highest BCUT2D eigenvalue weighted by Gasteiger charge is 2.45. The monoisotopic (exact) mass is 364 g/mol. The molecule has 1 spiro atoms. The van der Waals surface area contributed by atoms with Gasteiger partial charge in [-0.15, -0.1) is 0 Å².